The number of aromatic hydroxyl groups is 1. The number of nitrogens with zero attached hydrogens (tertiary/aromatic N) is 3. The maximum Gasteiger partial charge on any atom is 0.258 e. The number of aromatic nitrogens is 3. The number of benzene rings is 1. The largest absolute Gasteiger partial charge is 0.507 e. The maximum absolute atomic E-state index is 14.6. The molecule has 1 aromatic carbocycles. The molecular formula is C22H22FN3O3. The van der Waals surface area contributed by atoms with Crippen LogP contribution >= 0.6 is 0 Å². The number of phenolic OH excluding ortho intramolecular Hbond substituents is 1. The summed E-state index contributed by atoms with van der Waals surface area (Å²) in [4.78, 5) is 12.2. The number of halogens is 1. The van der Waals surface area contributed by atoms with E-state index in [-0.39, 0.29) is 23.1 Å². The third-order valence-corrected chi connectivity index (χ3v) is 6.34. The van der Waals surface area contributed by atoms with E-state index in [2.05, 4.69) is 10.2 Å². The van der Waals surface area contributed by atoms with Crippen molar-refractivity contribution in [1.29, 1.82) is 0 Å². The van der Waals surface area contributed by atoms with Gasteiger partial charge in [-0.1, -0.05) is 0 Å². The number of hydrogen-bond acceptors (Lipinski definition) is 5. The van der Waals surface area contributed by atoms with Crippen LogP contribution in [-0.4, -0.2) is 32.1 Å². The van der Waals surface area contributed by atoms with Gasteiger partial charge in [0.15, 0.2) is 0 Å². The van der Waals surface area contributed by atoms with Gasteiger partial charge in [0.2, 0.25) is 5.88 Å². The zero-order valence-corrected chi connectivity index (χ0v) is 16.1. The van der Waals surface area contributed by atoms with Gasteiger partial charge in [0, 0.05) is 24.9 Å². The number of aryl methyl sites for hydroxylation is 1. The van der Waals surface area contributed by atoms with Gasteiger partial charge in [-0.2, -0.15) is 0 Å². The van der Waals surface area contributed by atoms with Crippen LogP contribution in [0.2, 0.25) is 0 Å². The van der Waals surface area contributed by atoms with Crippen molar-refractivity contribution in [2.75, 3.05) is 0 Å². The Morgan fingerprint density at radius 3 is 2.83 bits per heavy atom. The minimum absolute atomic E-state index is 0.0450. The second-order valence-corrected chi connectivity index (χ2v) is 8.22. The molecule has 2 saturated carbocycles. The van der Waals surface area contributed by atoms with E-state index < -0.39 is 12.3 Å². The fourth-order valence-electron chi connectivity index (χ4n) is 4.76. The number of phenols is 1. The predicted molar refractivity (Wildman–Crippen MR) is 107 cm³/mol. The highest BCUT2D eigenvalue weighted by Gasteiger charge is 2.43. The number of hydrogen-bond donors (Lipinski definition) is 1. The van der Waals surface area contributed by atoms with Crippen molar-refractivity contribution < 1.29 is 14.2 Å². The van der Waals surface area contributed by atoms with Crippen molar-refractivity contribution in [2.45, 2.75) is 38.0 Å². The molecule has 3 aromatic rings. The second kappa shape index (κ2) is 6.83. The van der Waals surface area contributed by atoms with Gasteiger partial charge in [-0.3, -0.25) is 4.79 Å². The summed E-state index contributed by atoms with van der Waals surface area (Å²) in [6.45, 7) is 0. The zero-order chi connectivity index (χ0) is 20.1. The monoisotopic (exact) mass is 395 g/mol. The highest BCUT2D eigenvalue weighted by Crippen LogP contribution is 2.44. The standard InChI is InChI=1S/C22H22FN3O3/c1-26-7-6-13-10-16(18(27)11-15(13)22(26)28)17-4-5-20(25-24-17)29-19-9-12-2-3-14(8-12)21(19)23/h4-7,10-12,14,19,21,27H,2-3,8-9H2,1H3/t12-,14+,19+,21-/m0/s1. The molecule has 0 aliphatic heterocycles. The van der Waals surface area contributed by atoms with E-state index in [4.69, 9.17) is 4.74 Å². The SMILES string of the molecule is Cn1ccc2cc(-c3ccc(O[C@@H]4C[C@H]5CC[C@H](C5)[C@@H]4F)nn3)c(O)cc2c1=O. The van der Waals surface area contributed by atoms with E-state index in [0.717, 1.165) is 25.7 Å². The van der Waals surface area contributed by atoms with Gasteiger partial charge in [0.05, 0.1) is 11.1 Å². The molecule has 0 unspecified atom stereocenters. The molecule has 1 N–H and O–H groups in total. The summed E-state index contributed by atoms with van der Waals surface area (Å²) >= 11 is 0. The van der Waals surface area contributed by atoms with E-state index >= 15 is 0 Å². The summed E-state index contributed by atoms with van der Waals surface area (Å²) in [7, 11) is 1.66. The minimum atomic E-state index is -0.956. The highest BCUT2D eigenvalue weighted by molar-refractivity contribution is 5.89. The molecule has 2 aliphatic carbocycles. The molecule has 2 aromatic heterocycles. The Hall–Kier alpha value is -2.96. The molecule has 5 rings (SSSR count). The molecule has 6 nitrogen and oxygen atoms in total. The number of alkyl halides is 1. The maximum atomic E-state index is 14.6. The predicted octanol–water partition coefficient (Wildman–Crippen LogP) is 3.61. The van der Waals surface area contributed by atoms with E-state index in [1.165, 1.54) is 10.6 Å². The van der Waals surface area contributed by atoms with Crippen LogP contribution in [0, 0.1) is 11.8 Å². The first-order valence-electron chi connectivity index (χ1n) is 9.97. The topological polar surface area (TPSA) is 77.2 Å². The van der Waals surface area contributed by atoms with Crippen molar-refractivity contribution in [3.63, 3.8) is 0 Å². The summed E-state index contributed by atoms with van der Waals surface area (Å²) < 4.78 is 21.9. The lowest BCUT2D eigenvalue weighted by Crippen LogP contribution is -2.38. The van der Waals surface area contributed by atoms with Gasteiger partial charge in [-0.15, -0.1) is 10.2 Å². The highest BCUT2D eigenvalue weighted by atomic mass is 19.1. The van der Waals surface area contributed by atoms with Crippen LogP contribution in [-0.2, 0) is 7.05 Å². The Labute approximate surface area is 167 Å². The van der Waals surface area contributed by atoms with Crippen molar-refractivity contribution in [2.24, 2.45) is 18.9 Å². The van der Waals surface area contributed by atoms with Crippen LogP contribution in [0.25, 0.3) is 22.0 Å². The summed E-state index contributed by atoms with van der Waals surface area (Å²) in [6.07, 6.45) is 3.98. The first kappa shape index (κ1) is 18.1. The molecular weight excluding hydrogens is 373 g/mol. The average molecular weight is 395 g/mol. The smallest absolute Gasteiger partial charge is 0.258 e. The molecule has 2 fully saturated rings. The Balaban J connectivity index is 1.41. The quantitative estimate of drug-likeness (QED) is 0.733. The third-order valence-electron chi connectivity index (χ3n) is 6.34. The Bertz CT molecular complexity index is 1130. The van der Waals surface area contributed by atoms with Crippen LogP contribution in [0.3, 0.4) is 0 Å². The lowest BCUT2D eigenvalue weighted by Gasteiger charge is -2.31. The van der Waals surface area contributed by atoms with Crippen LogP contribution in [0.5, 0.6) is 11.6 Å². The van der Waals surface area contributed by atoms with Crippen molar-refractivity contribution in [3.8, 4) is 22.9 Å². The molecule has 2 aliphatic rings. The van der Waals surface area contributed by atoms with E-state index in [1.807, 2.05) is 6.07 Å². The molecule has 0 amide bonds. The van der Waals surface area contributed by atoms with Gasteiger partial charge in [-0.05, 0) is 67.2 Å². The Morgan fingerprint density at radius 1 is 1.17 bits per heavy atom. The summed E-state index contributed by atoms with van der Waals surface area (Å²) in [5, 5.41) is 19.8. The Kier molecular flexibility index (Phi) is 4.26. The molecule has 2 bridgehead atoms. The molecule has 2 heterocycles. The molecule has 0 spiro atoms. The molecule has 4 atom stereocenters. The van der Waals surface area contributed by atoms with Crippen molar-refractivity contribution in [1.82, 2.24) is 14.8 Å². The molecule has 7 heteroatoms. The molecule has 0 saturated heterocycles. The zero-order valence-electron chi connectivity index (χ0n) is 16.1. The van der Waals surface area contributed by atoms with Gasteiger partial charge < -0.3 is 14.4 Å². The van der Waals surface area contributed by atoms with E-state index in [9.17, 15) is 14.3 Å². The normalized spacial score (nSPS) is 26.0. The fraction of sp³-hybridized carbons (Fsp3) is 0.409. The number of rotatable bonds is 3. The van der Waals surface area contributed by atoms with Crippen LogP contribution < -0.4 is 10.3 Å². The van der Waals surface area contributed by atoms with Crippen molar-refractivity contribution >= 4 is 10.8 Å². The van der Waals surface area contributed by atoms with E-state index in [0.29, 0.717) is 27.9 Å². The van der Waals surface area contributed by atoms with Crippen molar-refractivity contribution in [3.05, 3.63) is 46.9 Å². The first-order chi connectivity index (χ1) is 14.0. The number of fused-ring (bicyclic) bond motifs is 3. The van der Waals surface area contributed by atoms with Gasteiger partial charge in [0.1, 0.15) is 18.0 Å². The first-order valence-corrected chi connectivity index (χ1v) is 9.97. The fourth-order valence-corrected chi connectivity index (χ4v) is 4.76. The molecule has 29 heavy (non-hydrogen) atoms. The number of pyridine rings is 1. The molecule has 150 valence electrons. The lowest BCUT2D eigenvalue weighted by molar-refractivity contribution is 0.0223. The third kappa shape index (κ3) is 3.14. The van der Waals surface area contributed by atoms with Crippen LogP contribution in [0.1, 0.15) is 25.7 Å². The summed E-state index contributed by atoms with van der Waals surface area (Å²) in [6, 6.07) is 8.31. The lowest BCUT2D eigenvalue weighted by atomic mass is 9.85. The van der Waals surface area contributed by atoms with Gasteiger partial charge in [-0.25, -0.2) is 4.39 Å². The van der Waals surface area contributed by atoms with E-state index in [1.54, 1.807) is 31.4 Å². The van der Waals surface area contributed by atoms with Crippen LogP contribution in [0.4, 0.5) is 4.39 Å². The van der Waals surface area contributed by atoms with Gasteiger partial charge in [0.25, 0.3) is 5.56 Å². The second-order valence-electron chi connectivity index (χ2n) is 8.22. The summed E-state index contributed by atoms with van der Waals surface area (Å²) in [5.41, 5.74) is 0.753. The average Bonchev–Trinajstić information content (AvgIpc) is 3.13. The van der Waals surface area contributed by atoms with Gasteiger partial charge >= 0.3 is 0 Å². The molecule has 0 radical (unpaired) electrons. The Morgan fingerprint density at radius 2 is 2.03 bits per heavy atom. The minimum Gasteiger partial charge on any atom is -0.507 e. The number of ether oxygens (including phenoxy) is 1. The van der Waals surface area contributed by atoms with Crippen LogP contribution in [0.15, 0.2) is 41.3 Å². The summed E-state index contributed by atoms with van der Waals surface area (Å²) in [5.74, 6) is 0.896.